The quantitative estimate of drug-likeness (QED) is 0.454. The summed E-state index contributed by atoms with van der Waals surface area (Å²) in [5, 5.41) is 0. The van der Waals surface area contributed by atoms with E-state index in [1.807, 2.05) is 0 Å². The van der Waals surface area contributed by atoms with Gasteiger partial charge in [0.05, 0.1) is 7.11 Å². The molecule has 0 amide bonds. The molecule has 0 radical (unpaired) electrons. The Morgan fingerprint density at radius 2 is 1.82 bits per heavy atom. The molecule has 4 nitrogen and oxygen atoms in total. The Labute approximate surface area is 65.7 Å². The van der Waals surface area contributed by atoms with Gasteiger partial charge in [0.2, 0.25) is 0 Å². The third-order valence-electron chi connectivity index (χ3n) is 1.33. The third-order valence-corrected chi connectivity index (χ3v) is 1.33. The summed E-state index contributed by atoms with van der Waals surface area (Å²) in [5.41, 5.74) is 5.25. The number of Topliss-reactive ketones (excluding diaryl/α,β-unsaturated/α-hetero) is 1. The molecule has 1 atom stereocenters. The zero-order valence-electron chi connectivity index (χ0n) is 6.96. The van der Waals surface area contributed by atoms with E-state index in [4.69, 9.17) is 5.73 Å². The number of nitrogens with two attached hydrogens (primary N) is 1. The number of esters is 1. The van der Waals surface area contributed by atoms with Gasteiger partial charge >= 0.3 is 5.97 Å². The second-order valence-electron chi connectivity index (χ2n) is 2.56. The van der Waals surface area contributed by atoms with Crippen LogP contribution in [0.1, 0.15) is 13.8 Å². The summed E-state index contributed by atoms with van der Waals surface area (Å²) in [6.07, 6.45) is 0. The first-order valence-electron chi connectivity index (χ1n) is 3.37. The molecular weight excluding hydrogens is 146 g/mol. The largest absolute Gasteiger partial charge is 0.468 e. The monoisotopic (exact) mass is 159 g/mol. The van der Waals surface area contributed by atoms with Crippen molar-refractivity contribution in [2.45, 2.75) is 19.9 Å². The predicted molar refractivity (Wildman–Crippen MR) is 39.8 cm³/mol. The molecule has 0 heterocycles. The van der Waals surface area contributed by atoms with E-state index in [9.17, 15) is 9.59 Å². The van der Waals surface area contributed by atoms with Crippen molar-refractivity contribution in [3.63, 3.8) is 0 Å². The fourth-order valence-corrected chi connectivity index (χ4v) is 0.602. The molecule has 0 aromatic carbocycles. The van der Waals surface area contributed by atoms with Gasteiger partial charge in [0.1, 0.15) is 0 Å². The van der Waals surface area contributed by atoms with Gasteiger partial charge in [0.25, 0.3) is 0 Å². The number of methoxy groups -OCH3 is 1. The molecule has 0 unspecified atom stereocenters. The van der Waals surface area contributed by atoms with Crippen LogP contribution in [-0.2, 0) is 14.3 Å². The molecule has 0 saturated heterocycles. The van der Waals surface area contributed by atoms with Crippen molar-refractivity contribution in [1.29, 1.82) is 0 Å². The van der Waals surface area contributed by atoms with Crippen molar-refractivity contribution in [1.82, 2.24) is 0 Å². The van der Waals surface area contributed by atoms with E-state index in [2.05, 4.69) is 4.74 Å². The topological polar surface area (TPSA) is 69.4 Å². The molecule has 0 aromatic heterocycles. The molecule has 0 aliphatic carbocycles. The van der Waals surface area contributed by atoms with Gasteiger partial charge in [0.15, 0.2) is 11.8 Å². The highest BCUT2D eigenvalue weighted by atomic mass is 16.5. The summed E-state index contributed by atoms with van der Waals surface area (Å²) in [5.74, 6) is -1.20. The molecule has 2 N–H and O–H groups in total. The summed E-state index contributed by atoms with van der Waals surface area (Å²) in [6.45, 7) is 3.37. The van der Waals surface area contributed by atoms with E-state index >= 15 is 0 Å². The lowest BCUT2D eigenvalue weighted by atomic mass is 10.0. The first kappa shape index (κ1) is 10.1. The molecule has 0 aromatic rings. The highest BCUT2D eigenvalue weighted by molar-refractivity contribution is 6.03. The van der Waals surface area contributed by atoms with Crippen LogP contribution in [0.5, 0.6) is 0 Å². The minimum atomic E-state index is -1.13. The molecule has 0 saturated carbocycles. The summed E-state index contributed by atoms with van der Waals surface area (Å²) in [4.78, 5) is 21.7. The Bertz CT molecular complexity index is 165. The highest BCUT2D eigenvalue weighted by Gasteiger charge is 2.24. The van der Waals surface area contributed by atoms with E-state index in [1.54, 1.807) is 13.8 Å². The molecule has 0 aliphatic rings. The van der Waals surface area contributed by atoms with E-state index in [0.29, 0.717) is 0 Å². The Morgan fingerprint density at radius 1 is 1.36 bits per heavy atom. The van der Waals surface area contributed by atoms with Gasteiger partial charge in [-0.2, -0.15) is 0 Å². The Morgan fingerprint density at radius 3 is 2.09 bits per heavy atom. The van der Waals surface area contributed by atoms with Crippen molar-refractivity contribution in [3.8, 4) is 0 Å². The Hall–Kier alpha value is -0.900. The second kappa shape index (κ2) is 4.08. The van der Waals surface area contributed by atoms with Crippen LogP contribution >= 0.6 is 0 Å². The molecule has 0 aliphatic heterocycles. The average Bonchev–Trinajstić information content (AvgIpc) is 2.00. The van der Waals surface area contributed by atoms with Crippen molar-refractivity contribution in [2.75, 3.05) is 7.11 Å². The maximum Gasteiger partial charge on any atom is 0.330 e. The molecule has 4 heteroatoms. The number of rotatable bonds is 3. The van der Waals surface area contributed by atoms with E-state index in [0.717, 1.165) is 0 Å². The van der Waals surface area contributed by atoms with E-state index in [-0.39, 0.29) is 11.7 Å². The SMILES string of the molecule is COC(=O)[C@@H](N)C(=O)C(C)C. The number of hydrogen-bond acceptors (Lipinski definition) is 4. The lowest BCUT2D eigenvalue weighted by Crippen LogP contribution is -2.41. The standard InChI is InChI=1S/C7H13NO3/c1-4(2)6(9)5(8)7(10)11-3/h4-5H,8H2,1-3H3/t5-/m0/s1. The van der Waals surface area contributed by atoms with Crippen LogP contribution in [0.15, 0.2) is 0 Å². The van der Waals surface area contributed by atoms with Crippen LogP contribution in [0.4, 0.5) is 0 Å². The average molecular weight is 159 g/mol. The maximum atomic E-state index is 11.0. The first-order chi connectivity index (χ1) is 5.00. The predicted octanol–water partition coefficient (Wildman–Crippen LogP) is -0.288. The number of ether oxygens (including phenoxy) is 1. The summed E-state index contributed by atoms with van der Waals surface area (Å²) in [7, 11) is 1.20. The van der Waals surface area contributed by atoms with Crippen LogP contribution in [-0.4, -0.2) is 24.9 Å². The molecule has 0 rings (SSSR count). The smallest absolute Gasteiger partial charge is 0.330 e. The van der Waals surface area contributed by atoms with Crippen molar-refractivity contribution >= 4 is 11.8 Å². The fourth-order valence-electron chi connectivity index (χ4n) is 0.602. The number of hydrogen-bond donors (Lipinski definition) is 1. The lowest BCUT2D eigenvalue weighted by Gasteiger charge is -2.09. The molecule has 0 bridgehead atoms. The summed E-state index contributed by atoms with van der Waals surface area (Å²) >= 11 is 0. The maximum absolute atomic E-state index is 11.0. The van der Waals surface area contributed by atoms with Crippen LogP contribution in [0.25, 0.3) is 0 Å². The number of ketones is 1. The van der Waals surface area contributed by atoms with Crippen LogP contribution in [0.3, 0.4) is 0 Å². The van der Waals surface area contributed by atoms with Gasteiger partial charge in [0, 0.05) is 5.92 Å². The lowest BCUT2D eigenvalue weighted by molar-refractivity contribution is -0.146. The zero-order chi connectivity index (χ0) is 9.02. The Kier molecular flexibility index (Phi) is 3.74. The minimum Gasteiger partial charge on any atom is -0.468 e. The summed E-state index contributed by atoms with van der Waals surface area (Å²) < 4.78 is 4.30. The number of carbonyl (C=O) groups excluding carboxylic acids is 2. The van der Waals surface area contributed by atoms with E-state index in [1.165, 1.54) is 7.11 Å². The van der Waals surface area contributed by atoms with Crippen LogP contribution in [0.2, 0.25) is 0 Å². The second-order valence-corrected chi connectivity index (χ2v) is 2.56. The zero-order valence-corrected chi connectivity index (χ0v) is 6.96. The molecule has 11 heavy (non-hydrogen) atoms. The first-order valence-corrected chi connectivity index (χ1v) is 3.37. The highest BCUT2D eigenvalue weighted by Crippen LogP contribution is 1.98. The normalized spacial score (nSPS) is 12.8. The van der Waals surface area contributed by atoms with Gasteiger partial charge in [-0.15, -0.1) is 0 Å². The van der Waals surface area contributed by atoms with E-state index < -0.39 is 12.0 Å². The van der Waals surface area contributed by atoms with Crippen molar-refractivity contribution < 1.29 is 14.3 Å². The minimum absolute atomic E-state index is 0.232. The molecule has 0 fully saturated rings. The van der Waals surface area contributed by atoms with Crippen LogP contribution in [0, 0.1) is 5.92 Å². The molecule has 0 spiro atoms. The van der Waals surface area contributed by atoms with Gasteiger partial charge in [-0.25, -0.2) is 4.79 Å². The third kappa shape index (κ3) is 2.67. The van der Waals surface area contributed by atoms with Crippen LogP contribution < -0.4 is 5.73 Å². The summed E-state index contributed by atoms with van der Waals surface area (Å²) in [6, 6.07) is -1.13. The van der Waals surface area contributed by atoms with Crippen molar-refractivity contribution in [3.05, 3.63) is 0 Å². The van der Waals surface area contributed by atoms with Gasteiger partial charge < -0.3 is 10.5 Å². The van der Waals surface area contributed by atoms with Gasteiger partial charge in [-0.3, -0.25) is 4.79 Å². The van der Waals surface area contributed by atoms with Gasteiger partial charge in [-0.1, -0.05) is 13.8 Å². The molecule has 64 valence electrons. The Balaban J connectivity index is 4.13. The van der Waals surface area contributed by atoms with Crippen molar-refractivity contribution in [2.24, 2.45) is 11.7 Å². The number of carbonyl (C=O) groups is 2. The fraction of sp³-hybridized carbons (Fsp3) is 0.714. The molecular formula is C7H13NO3. The van der Waals surface area contributed by atoms with Gasteiger partial charge in [-0.05, 0) is 0 Å².